The molecule has 0 heterocycles. The fourth-order valence-corrected chi connectivity index (χ4v) is 1.17. The van der Waals surface area contributed by atoms with Gasteiger partial charge in [0.2, 0.25) is 0 Å². The number of methoxy groups -OCH3 is 1. The van der Waals surface area contributed by atoms with Crippen molar-refractivity contribution in [3.63, 3.8) is 0 Å². The lowest BCUT2D eigenvalue weighted by molar-refractivity contribution is 0.250. The van der Waals surface area contributed by atoms with Crippen molar-refractivity contribution in [2.45, 2.75) is 19.9 Å². The minimum absolute atomic E-state index is 0.0438. The lowest BCUT2D eigenvalue weighted by Crippen LogP contribution is -2.34. The monoisotopic (exact) mass is 226 g/mol. The number of nitrogens with one attached hydrogen (secondary N) is 2. The van der Waals surface area contributed by atoms with Crippen molar-refractivity contribution in [3.05, 3.63) is 24.0 Å². The van der Waals surface area contributed by atoms with E-state index in [2.05, 4.69) is 10.6 Å². The van der Waals surface area contributed by atoms with Crippen molar-refractivity contribution in [2.75, 3.05) is 12.4 Å². The molecule has 0 aliphatic heterocycles. The van der Waals surface area contributed by atoms with E-state index in [0.29, 0.717) is 5.69 Å². The molecule has 1 aromatic rings. The van der Waals surface area contributed by atoms with E-state index in [4.69, 9.17) is 4.74 Å². The molecule has 0 unspecified atom stereocenters. The van der Waals surface area contributed by atoms with Crippen LogP contribution in [-0.4, -0.2) is 19.2 Å². The fourth-order valence-electron chi connectivity index (χ4n) is 1.17. The smallest absolute Gasteiger partial charge is 0.319 e. The number of rotatable bonds is 3. The van der Waals surface area contributed by atoms with Crippen molar-refractivity contribution in [3.8, 4) is 5.75 Å². The van der Waals surface area contributed by atoms with Crippen molar-refractivity contribution >= 4 is 11.7 Å². The summed E-state index contributed by atoms with van der Waals surface area (Å²) in [6.45, 7) is 3.70. The van der Waals surface area contributed by atoms with Gasteiger partial charge >= 0.3 is 6.03 Å². The maximum atomic E-state index is 13.1. The number of carbonyl (C=O) groups excluding carboxylic acids is 1. The summed E-state index contributed by atoms with van der Waals surface area (Å²) < 4.78 is 17.9. The summed E-state index contributed by atoms with van der Waals surface area (Å²) in [4.78, 5) is 11.4. The van der Waals surface area contributed by atoms with Crippen molar-refractivity contribution in [1.82, 2.24) is 5.32 Å². The number of halogens is 1. The highest BCUT2D eigenvalue weighted by Gasteiger charge is 2.06. The topological polar surface area (TPSA) is 50.4 Å². The van der Waals surface area contributed by atoms with Gasteiger partial charge in [0, 0.05) is 17.8 Å². The molecule has 1 aromatic carbocycles. The van der Waals surface area contributed by atoms with E-state index in [1.165, 1.54) is 25.3 Å². The van der Waals surface area contributed by atoms with Crippen LogP contribution in [-0.2, 0) is 0 Å². The molecule has 0 bridgehead atoms. The third-order valence-electron chi connectivity index (χ3n) is 1.83. The Morgan fingerprint density at radius 2 is 2.12 bits per heavy atom. The van der Waals surface area contributed by atoms with E-state index in [1.807, 2.05) is 13.8 Å². The fraction of sp³-hybridized carbons (Fsp3) is 0.364. The number of ether oxygens (including phenoxy) is 1. The number of amides is 2. The largest absolute Gasteiger partial charge is 0.494 e. The lowest BCUT2D eigenvalue weighted by Gasteiger charge is -2.11. The van der Waals surface area contributed by atoms with Crippen LogP contribution >= 0.6 is 0 Å². The Morgan fingerprint density at radius 3 is 2.69 bits per heavy atom. The first-order chi connectivity index (χ1) is 7.52. The maximum absolute atomic E-state index is 13.1. The van der Waals surface area contributed by atoms with E-state index >= 15 is 0 Å². The number of hydrogen-bond acceptors (Lipinski definition) is 2. The first-order valence-corrected chi connectivity index (χ1v) is 4.94. The summed E-state index contributed by atoms with van der Waals surface area (Å²) in [5.41, 5.74) is 0.483. The Bertz CT molecular complexity index is 380. The van der Waals surface area contributed by atoms with Crippen LogP contribution in [0.1, 0.15) is 13.8 Å². The summed E-state index contributed by atoms with van der Waals surface area (Å²) in [6, 6.07) is 3.85. The maximum Gasteiger partial charge on any atom is 0.319 e. The second kappa shape index (κ2) is 5.34. The van der Waals surface area contributed by atoms with Crippen molar-refractivity contribution in [2.24, 2.45) is 0 Å². The van der Waals surface area contributed by atoms with E-state index in [1.54, 1.807) is 0 Å². The molecule has 0 fully saturated rings. The number of urea groups is 1. The molecular formula is C11H15FN2O2. The van der Waals surface area contributed by atoms with Gasteiger partial charge in [0.25, 0.3) is 0 Å². The number of hydrogen-bond donors (Lipinski definition) is 2. The quantitative estimate of drug-likeness (QED) is 0.831. The Morgan fingerprint density at radius 1 is 1.44 bits per heavy atom. The first-order valence-electron chi connectivity index (χ1n) is 4.94. The molecular weight excluding hydrogens is 211 g/mol. The van der Waals surface area contributed by atoms with Gasteiger partial charge in [-0.15, -0.1) is 0 Å². The molecule has 0 saturated heterocycles. The summed E-state index contributed by atoms with van der Waals surface area (Å²) in [5.74, 6) is -0.361. The molecule has 2 amide bonds. The first kappa shape index (κ1) is 12.3. The zero-order chi connectivity index (χ0) is 12.1. The molecule has 0 aliphatic rings. The lowest BCUT2D eigenvalue weighted by atomic mass is 10.3. The molecule has 2 N–H and O–H groups in total. The summed E-state index contributed by atoms with van der Waals surface area (Å²) in [6.07, 6.45) is 0. The average Bonchev–Trinajstić information content (AvgIpc) is 2.19. The highest BCUT2D eigenvalue weighted by Crippen LogP contribution is 2.21. The molecule has 0 radical (unpaired) electrons. The van der Waals surface area contributed by atoms with Gasteiger partial charge in [0.15, 0.2) is 11.6 Å². The minimum Gasteiger partial charge on any atom is -0.494 e. The van der Waals surface area contributed by atoms with Crippen molar-refractivity contribution in [1.29, 1.82) is 0 Å². The van der Waals surface area contributed by atoms with Crippen LogP contribution < -0.4 is 15.4 Å². The van der Waals surface area contributed by atoms with Gasteiger partial charge < -0.3 is 15.4 Å². The Balaban J connectivity index is 2.71. The van der Waals surface area contributed by atoms with Crippen LogP contribution in [0, 0.1) is 5.82 Å². The SMILES string of the molecule is COc1cc(NC(=O)NC(C)C)ccc1F. The van der Waals surface area contributed by atoms with Crippen LogP contribution in [0.15, 0.2) is 18.2 Å². The molecule has 1 rings (SSSR count). The van der Waals surface area contributed by atoms with Crippen LogP contribution in [0.25, 0.3) is 0 Å². The van der Waals surface area contributed by atoms with Gasteiger partial charge in [-0.25, -0.2) is 9.18 Å². The Labute approximate surface area is 93.8 Å². The normalized spacial score (nSPS) is 10.1. The zero-order valence-electron chi connectivity index (χ0n) is 9.50. The molecule has 0 atom stereocenters. The predicted octanol–water partition coefficient (Wildman–Crippen LogP) is 2.36. The van der Waals surface area contributed by atoms with Crippen LogP contribution in [0.4, 0.5) is 14.9 Å². The van der Waals surface area contributed by atoms with Gasteiger partial charge in [-0.1, -0.05) is 0 Å². The second-order valence-corrected chi connectivity index (χ2v) is 3.60. The highest BCUT2D eigenvalue weighted by molar-refractivity contribution is 5.89. The molecule has 5 heteroatoms. The van der Waals surface area contributed by atoms with E-state index in [-0.39, 0.29) is 17.8 Å². The predicted molar refractivity (Wildman–Crippen MR) is 60.2 cm³/mol. The average molecular weight is 226 g/mol. The van der Waals surface area contributed by atoms with Gasteiger partial charge in [-0.3, -0.25) is 0 Å². The number of carbonyl (C=O) groups is 1. The van der Waals surface area contributed by atoms with Crippen molar-refractivity contribution < 1.29 is 13.9 Å². The summed E-state index contributed by atoms with van der Waals surface area (Å²) >= 11 is 0. The zero-order valence-corrected chi connectivity index (χ0v) is 9.50. The molecule has 0 spiro atoms. The van der Waals surface area contributed by atoms with Crippen LogP contribution in [0.3, 0.4) is 0 Å². The van der Waals surface area contributed by atoms with Crippen LogP contribution in [0.2, 0.25) is 0 Å². The van der Waals surface area contributed by atoms with E-state index in [9.17, 15) is 9.18 Å². The Hall–Kier alpha value is -1.78. The van der Waals surface area contributed by atoms with Gasteiger partial charge in [-0.2, -0.15) is 0 Å². The molecule has 0 saturated carbocycles. The molecule has 0 aliphatic carbocycles. The minimum atomic E-state index is -0.461. The number of anilines is 1. The van der Waals surface area contributed by atoms with E-state index in [0.717, 1.165) is 0 Å². The van der Waals surface area contributed by atoms with Crippen LogP contribution in [0.5, 0.6) is 5.75 Å². The third kappa shape index (κ3) is 3.42. The Kier molecular flexibility index (Phi) is 4.10. The molecule has 88 valence electrons. The molecule has 4 nitrogen and oxygen atoms in total. The van der Waals surface area contributed by atoms with Gasteiger partial charge in [0.05, 0.1) is 7.11 Å². The summed E-state index contributed by atoms with van der Waals surface area (Å²) in [5, 5.41) is 5.24. The standard InChI is InChI=1S/C11H15FN2O2/c1-7(2)13-11(15)14-8-4-5-9(12)10(6-8)16-3/h4-7H,1-3H3,(H2,13,14,15). The highest BCUT2D eigenvalue weighted by atomic mass is 19.1. The third-order valence-corrected chi connectivity index (χ3v) is 1.83. The van der Waals surface area contributed by atoms with E-state index < -0.39 is 5.82 Å². The molecule has 0 aromatic heterocycles. The van der Waals surface area contributed by atoms with Gasteiger partial charge in [-0.05, 0) is 26.0 Å². The summed E-state index contributed by atoms with van der Waals surface area (Å²) in [7, 11) is 1.37. The second-order valence-electron chi connectivity index (χ2n) is 3.60. The van der Waals surface area contributed by atoms with Gasteiger partial charge in [0.1, 0.15) is 0 Å². The number of benzene rings is 1. The molecule has 16 heavy (non-hydrogen) atoms.